The number of amides is 1. The van der Waals surface area contributed by atoms with Crippen LogP contribution in [0.15, 0.2) is 121 Å². The summed E-state index contributed by atoms with van der Waals surface area (Å²) in [6.07, 6.45) is 1.56. The molecule has 0 bridgehead atoms. The molecule has 0 radical (unpaired) electrons. The maximum atomic E-state index is 15.8. The van der Waals surface area contributed by atoms with Crippen molar-refractivity contribution in [1.29, 1.82) is 0 Å². The number of anilines is 1. The van der Waals surface area contributed by atoms with Gasteiger partial charge < -0.3 is 24.0 Å². The molecule has 0 saturated carbocycles. The van der Waals surface area contributed by atoms with E-state index in [0.29, 0.717) is 60.9 Å². The van der Waals surface area contributed by atoms with Crippen molar-refractivity contribution in [2.45, 2.75) is 38.7 Å². The Bertz CT molecular complexity index is 1860. The van der Waals surface area contributed by atoms with Gasteiger partial charge in [0, 0.05) is 56.9 Å². The van der Waals surface area contributed by atoms with E-state index in [1.807, 2.05) is 114 Å². The van der Waals surface area contributed by atoms with Gasteiger partial charge in [-0.25, -0.2) is 9.18 Å². The molecule has 8 nitrogen and oxygen atoms in total. The second-order valence-corrected chi connectivity index (χ2v) is 13.0. The molecule has 0 unspecified atom stereocenters. The quantitative estimate of drug-likeness (QED) is 0.140. The van der Waals surface area contributed by atoms with Crippen LogP contribution in [0.1, 0.15) is 29.5 Å². The minimum absolute atomic E-state index is 0.251. The van der Waals surface area contributed by atoms with Crippen LogP contribution in [-0.4, -0.2) is 66.2 Å². The molecule has 2 aliphatic heterocycles. The van der Waals surface area contributed by atoms with Crippen LogP contribution in [0, 0.1) is 5.82 Å². The second-order valence-electron chi connectivity index (χ2n) is 13.0. The Morgan fingerprint density at radius 2 is 1.25 bits per heavy atom. The number of carbonyl (C=O) groups is 1. The van der Waals surface area contributed by atoms with Crippen LogP contribution in [0.2, 0.25) is 0 Å². The first-order valence-electron chi connectivity index (χ1n) is 17.7. The van der Waals surface area contributed by atoms with E-state index in [0.717, 1.165) is 55.7 Å². The molecular formula is C42H43FN4O4. The molecular weight excluding hydrogens is 643 g/mol. The van der Waals surface area contributed by atoms with Crippen molar-refractivity contribution in [3.63, 3.8) is 0 Å². The second kappa shape index (κ2) is 16.5. The van der Waals surface area contributed by atoms with Crippen LogP contribution in [-0.2, 0) is 24.6 Å². The number of piperidine rings is 1. The first-order valence-corrected chi connectivity index (χ1v) is 17.7. The van der Waals surface area contributed by atoms with Crippen molar-refractivity contribution in [1.82, 2.24) is 14.8 Å². The highest BCUT2D eigenvalue weighted by atomic mass is 19.1. The molecule has 9 heteroatoms. The van der Waals surface area contributed by atoms with Gasteiger partial charge in [-0.05, 0) is 53.3 Å². The summed E-state index contributed by atoms with van der Waals surface area (Å²) in [5.74, 6) is 0.552. The number of pyridine rings is 1. The van der Waals surface area contributed by atoms with Crippen LogP contribution >= 0.6 is 0 Å². The zero-order chi connectivity index (χ0) is 34.8. The van der Waals surface area contributed by atoms with Crippen molar-refractivity contribution in [3.05, 3.63) is 144 Å². The summed E-state index contributed by atoms with van der Waals surface area (Å²) in [7, 11) is 0. The summed E-state index contributed by atoms with van der Waals surface area (Å²) in [5.41, 5.74) is 5.01. The van der Waals surface area contributed by atoms with Gasteiger partial charge in [-0.3, -0.25) is 4.90 Å². The van der Waals surface area contributed by atoms with E-state index in [9.17, 15) is 4.79 Å². The fourth-order valence-corrected chi connectivity index (χ4v) is 6.77. The third-order valence-electron chi connectivity index (χ3n) is 9.64. The predicted molar refractivity (Wildman–Crippen MR) is 196 cm³/mol. The Morgan fingerprint density at radius 3 is 1.86 bits per heavy atom. The van der Waals surface area contributed by atoms with E-state index in [2.05, 4.69) is 9.80 Å². The number of piperazine rings is 1. The van der Waals surface area contributed by atoms with Gasteiger partial charge in [-0.2, -0.15) is 4.98 Å². The largest absolute Gasteiger partial charge is 0.473 e. The molecule has 2 fully saturated rings. The molecule has 2 saturated heterocycles. The van der Waals surface area contributed by atoms with Crippen LogP contribution in [0.25, 0.3) is 11.1 Å². The molecule has 5 aromatic rings. The average Bonchev–Trinajstić information content (AvgIpc) is 3.20. The fourth-order valence-electron chi connectivity index (χ4n) is 6.77. The van der Waals surface area contributed by atoms with Crippen LogP contribution < -0.4 is 14.4 Å². The van der Waals surface area contributed by atoms with E-state index >= 15 is 4.39 Å². The minimum atomic E-state index is -0.276. The summed E-state index contributed by atoms with van der Waals surface area (Å²) in [5, 5.41) is 0. The van der Waals surface area contributed by atoms with Crippen molar-refractivity contribution < 1.29 is 23.4 Å². The number of nitrogens with zero attached hydrogens (tertiary/aromatic N) is 4. The molecule has 0 N–H and O–H groups in total. The summed E-state index contributed by atoms with van der Waals surface area (Å²) >= 11 is 0. The summed E-state index contributed by atoms with van der Waals surface area (Å²) in [6.45, 7) is 5.51. The highest BCUT2D eigenvalue weighted by Gasteiger charge is 2.30. The first kappa shape index (κ1) is 34.1. The van der Waals surface area contributed by atoms with Crippen molar-refractivity contribution in [3.8, 4) is 22.9 Å². The average molecular weight is 687 g/mol. The lowest BCUT2D eigenvalue weighted by atomic mass is 10.0. The van der Waals surface area contributed by atoms with E-state index in [-0.39, 0.29) is 18.5 Å². The Hall–Kier alpha value is -5.41. The Kier molecular flexibility index (Phi) is 11.0. The maximum absolute atomic E-state index is 15.8. The molecule has 2 aliphatic rings. The normalized spacial score (nSPS) is 15.4. The number of hydrogen-bond donors (Lipinski definition) is 0. The lowest BCUT2D eigenvalue weighted by Crippen LogP contribution is -2.54. The number of aromatic nitrogens is 1. The number of rotatable bonds is 11. The van der Waals surface area contributed by atoms with Gasteiger partial charge in [0.25, 0.3) is 0 Å². The summed E-state index contributed by atoms with van der Waals surface area (Å²) in [6, 6.07) is 39.0. The standard InChI is InChI=1S/C42H43FN4O4/c43-38-28-35(37-17-19-40(49-29-32-10-4-1-5-11-32)44-41(37)50-30-33-12-6-2-7-13-33)16-18-39(38)46-26-24-45(25-27-46)36-20-22-47(23-21-36)42(48)51-31-34-14-8-3-9-15-34/h1-19,28,36H,20-27,29-31H2. The van der Waals surface area contributed by atoms with Gasteiger partial charge in [0.05, 0.1) is 5.69 Å². The molecule has 0 aliphatic carbocycles. The predicted octanol–water partition coefficient (Wildman–Crippen LogP) is 7.97. The van der Waals surface area contributed by atoms with Crippen molar-refractivity contribution in [2.24, 2.45) is 0 Å². The molecule has 4 aromatic carbocycles. The molecule has 0 atom stereocenters. The van der Waals surface area contributed by atoms with Crippen LogP contribution in [0.3, 0.4) is 0 Å². The van der Waals surface area contributed by atoms with Crippen molar-refractivity contribution >= 4 is 11.8 Å². The molecule has 51 heavy (non-hydrogen) atoms. The molecule has 3 heterocycles. The third kappa shape index (κ3) is 8.85. The Balaban J connectivity index is 0.956. The molecule has 0 spiro atoms. The van der Waals surface area contributed by atoms with E-state index in [4.69, 9.17) is 19.2 Å². The lowest BCUT2D eigenvalue weighted by molar-refractivity contribution is 0.0663. The zero-order valence-electron chi connectivity index (χ0n) is 28.7. The number of carbonyl (C=O) groups excluding carboxylic acids is 1. The SMILES string of the molecule is O=C(OCc1ccccc1)N1CCC(N2CCN(c3ccc(-c4ccc(OCc5ccccc5)nc4OCc4ccccc4)cc3F)CC2)CC1. The number of halogens is 1. The number of ether oxygens (including phenoxy) is 3. The molecule has 262 valence electrons. The van der Waals surface area contributed by atoms with Gasteiger partial charge >= 0.3 is 6.09 Å². The minimum Gasteiger partial charge on any atom is -0.473 e. The lowest BCUT2D eigenvalue weighted by Gasteiger charge is -2.43. The van der Waals surface area contributed by atoms with Gasteiger partial charge in [-0.1, -0.05) is 97.1 Å². The van der Waals surface area contributed by atoms with Gasteiger partial charge in [0.2, 0.25) is 11.8 Å². The van der Waals surface area contributed by atoms with E-state index in [1.165, 1.54) is 0 Å². The monoisotopic (exact) mass is 686 g/mol. The topological polar surface area (TPSA) is 67.4 Å². The first-order chi connectivity index (χ1) is 25.1. The third-order valence-corrected chi connectivity index (χ3v) is 9.64. The van der Waals surface area contributed by atoms with Gasteiger partial charge in [0.1, 0.15) is 25.6 Å². The Labute approximate surface area is 299 Å². The number of hydrogen-bond acceptors (Lipinski definition) is 7. The van der Waals surface area contributed by atoms with Crippen LogP contribution in [0.5, 0.6) is 11.8 Å². The fraction of sp³-hybridized carbons (Fsp3) is 0.286. The summed E-state index contributed by atoms with van der Waals surface area (Å²) < 4.78 is 33.6. The van der Waals surface area contributed by atoms with Crippen molar-refractivity contribution in [2.75, 3.05) is 44.2 Å². The van der Waals surface area contributed by atoms with Gasteiger partial charge in [0.15, 0.2) is 0 Å². The number of benzene rings is 4. The van der Waals surface area contributed by atoms with Gasteiger partial charge in [-0.15, -0.1) is 0 Å². The molecule has 1 aromatic heterocycles. The van der Waals surface area contributed by atoms with E-state index < -0.39 is 0 Å². The maximum Gasteiger partial charge on any atom is 0.410 e. The zero-order valence-corrected chi connectivity index (χ0v) is 28.7. The Morgan fingerprint density at radius 1 is 0.667 bits per heavy atom. The summed E-state index contributed by atoms with van der Waals surface area (Å²) in [4.78, 5) is 23.7. The van der Waals surface area contributed by atoms with Crippen LogP contribution in [0.4, 0.5) is 14.9 Å². The van der Waals surface area contributed by atoms with E-state index in [1.54, 1.807) is 12.1 Å². The highest BCUT2D eigenvalue weighted by Crippen LogP contribution is 2.34. The molecule has 7 rings (SSSR count). The highest BCUT2D eigenvalue weighted by molar-refractivity contribution is 5.71. The number of likely N-dealkylation sites (tertiary alicyclic amines) is 1. The smallest absolute Gasteiger partial charge is 0.410 e. The molecule has 1 amide bonds.